The average Bonchev–Trinajstić information content (AvgIpc) is 3.72. The summed E-state index contributed by atoms with van der Waals surface area (Å²) in [6.07, 6.45) is -3.08. The maximum atomic E-state index is 15.4. The molecule has 3 aromatic heterocycles. The van der Waals surface area contributed by atoms with Gasteiger partial charge >= 0.3 is 6.18 Å². The molecule has 0 aliphatic rings. The molecule has 0 bridgehead atoms. The van der Waals surface area contributed by atoms with Crippen LogP contribution in [0, 0.1) is 13.8 Å². The molecule has 0 spiro atoms. The fraction of sp³-hybridized carbons (Fsp3) is 0.0600. The topological polar surface area (TPSA) is 22.8 Å². The normalized spacial score (nSPS) is 12.0. The molecule has 56 heavy (non-hydrogen) atoms. The standard InChI is InChI=1S/C50H34F3N3/c1-31-13-3-5-15-35(31)33-24-26-44-39(29-33)37-17-7-9-20-42(37)55(44)46-22-11-19-41(50(51,52)53)48(46)49-47(23-12-28-54-49)56-43-21-10-8-18-38(43)40-30-34(25-27-45(40)56)36-16-6-4-14-32(36)2/h3-30H,1-2H3. The van der Waals surface area contributed by atoms with Crippen LogP contribution in [0.3, 0.4) is 0 Å². The number of fused-ring (bicyclic) bond motifs is 6. The van der Waals surface area contributed by atoms with E-state index in [1.54, 1.807) is 18.3 Å². The Morgan fingerprint density at radius 3 is 1.48 bits per heavy atom. The second kappa shape index (κ2) is 12.8. The summed E-state index contributed by atoms with van der Waals surface area (Å²) in [7, 11) is 0. The number of aryl methyl sites for hydroxylation is 2. The van der Waals surface area contributed by atoms with E-state index in [4.69, 9.17) is 4.98 Å². The number of benzene rings is 7. The van der Waals surface area contributed by atoms with Crippen LogP contribution in [0.5, 0.6) is 0 Å². The number of pyridine rings is 1. The van der Waals surface area contributed by atoms with Crippen LogP contribution in [0.2, 0.25) is 0 Å². The maximum Gasteiger partial charge on any atom is 0.417 e. The van der Waals surface area contributed by atoms with Gasteiger partial charge in [-0.05, 0) is 108 Å². The van der Waals surface area contributed by atoms with Crippen molar-refractivity contribution in [2.24, 2.45) is 0 Å². The molecule has 0 radical (unpaired) electrons. The summed E-state index contributed by atoms with van der Waals surface area (Å²) in [6, 6.07) is 53.2. The molecule has 0 saturated carbocycles. The Balaban J connectivity index is 1.26. The zero-order valence-electron chi connectivity index (χ0n) is 30.6. The van der Waals surface area contributed by atoms with Gasteiger partial charge in [0, 0.05) is 33.3 Å². The van der Waals surface area contributed by atoms with Crippen molar-refractivity contribution < 1.29 is 13.2 Å². The summed E-state index contributed by atoms with van der Waals surface area (Å²) in [4.78, 5) is 4.83. The molecule has 10 rings (SSSR count). The zero-order valence-corrected chi connectivity index (χ0v) is 30.6. The van der Waals surface area contributed by atoms with E-state index in [0.717, 1.165) is 77.0 Å². The minimum atomic E-state index is -4.67. The number of alkyl halides is 3. The highest BCUT2D eigenvalue weighted by Crippen LogP contribution is 2.46. The molecule has 6 heteroatoms. The number of halogens is 3. The molecule has 0 amide bonds. The molecule has 0 saturated heterocycles. The summed E-state index contributed by atoms with van der Waals surface area (Å²) >= 11 is 0. The molecule has 0 N–H and O–H groups in total. The van der Waals surface area contributed by atoms with Gasteiger partial charge in [0.1, 0.15) is 0 Å². The van der Waals surface area contributed by atoms with Gasteiger partial charge in [0.15, 0.2) is 0 Å². The van der Waals surface area contributed by atoms with E-state index in [-0.39, 0.29) is 11.3 Å². The first-order valence-corrected chi connectivity index (χ1v) is 18.6. The summed E-state index contributed by atoms with van der Waals surface area (Å²) in [5, 5.41) is 3.92. The minimum absolute atomic E-state index is 0.0173. The average molecular weight is 734 g/mol. The lowest BCUT2D eigenvalue weighted by Gasteiger charge is -2.21. The van der Waals surface area contributed by atoms with Crippen molar-refractivity contribution >= 4 is 43.6 Å². The van der Waals surface area contributed by atoms with Crippen LogP contribution in [0.4, 0.5) is 13.2 Å². The van der Waals surface area contributed by atoms with E-state index >= 15 is 13.2 Å². The van der Waals surface area contributed by atoms with Crippen LogP contribution >= 0.6 is 0 Å². The summed E-state index contributed by atoms with van der Waals surface area (Å²) < 4.78 is 50.3. The molecule has 0 fully saturated rings. The molecule has 270 valence electrons. The molecule has 3 nitrogen and oxygen atoms in total. The van der Waals surface area contributed by atoms with Gasteiger partial charge in [-0.3, -0.25) is 4.98 Å². The van der Waals surface area contributed by atoms with Crippen LogP contribution in [0.15, 0.2) is 170 Å². The monoisotopic (exact) mass is 733 g/mol. The molecule has 0 aliphatic heterocycles. The number of aromatic nitrogens is 3. The highest BCUT2D eigenvalue weighted by atomic mass is 19.4. The van der Waals surface area contributed by atoms with E-state index in [9.17, 15) is 0 Å². The van der Waals surface area contributed by atoms with Crippen LogP contribution in [0.25, 0.3) is 88.5 Å². The predicted octanol–water partition coefficient (Wildman–Crippen LogP) is 13.9. The molecule has 0 aliphatic carbocycles. The van der Waals surface area contributed by atoms with Crippen LogP contribution in [-0.2, 0) is 6.18 Å². The second-order valence-corrected chi connectivity index (χ2v) is 14.4. The molecule has 0 unspecified atom stereocenters. The first-order chi connectivity index (χ1) is 27.3. The highest BCUT2D eigenvalue weighted by Gasteiger charge is 2.37. The zero-order chi connectivity index (χ0) is 38.1. The predicted molar refractivity (Wildman–Crippen MR) is 224 cm³/mol. The first-order valence-electron chi connectivity index (χ1n) is 18.6. The first kappa shape index (κ1) is 33.6. The van der Waals surface area contributed by atoms with Gasteiger partial charge in [0.25, 0.3) is 0 Å². The molecule has 10 aromatic rings. The summed E-state index contributed by atoms with van der Waals surface area (Å²) in [6.45, 7) is 4.18. The lowest BCUT2D eigenvalue weighted by Crippen LogP contribution is -2.12. The number of para-hydroxylation sites is 2. The third-order valence-corrected chi connectivity index (χ3v) is 11.1. The van der Waals surface area contributed by atoms with Crippen molar-refractivity contribution in [3.63, 3.8) is 0 Å². The minimum Gasteiger partial charge on any atom is -0.309 e. The number of rotatable bonds is 5. The van der Waals surface area contributed by atoms with Crippen LogP contribution in [-0.4, -0.2) is 14.1 Å². The number of hydrogen-bond donors (Lipinski definition) is 0. The van der Waals surface area contributed by atoms with E-state index in [1.807, 2.05) is 83.4 Å². The highest BCUT2D eigenvalue weighted by molar-refractivity contribution is 6.12. The summed E-state index contributed by atoms with van der Waals surface area (Å²) in [5.41, 5.74) is 10.5. The fourth-order valence-corrected chi connectivity index (χ4v) is 8.57. The van der Waals surface area contributed by atoms with E-state index in [2.05, 4.69) is 79.1 Å². The van der Waals surface area contributed by atoms with Crippen molar-refractivity contribution in [2.75, 3.05) is 0 Å². The Morgan fingerprint density at radius 1 is 0.446 bits per heavy atom. The van der Waals surface area contributed by atoms with Gasteiger partial charge in [0.05, 0.1) is 44.7 Å². The van der Waals surface area contributed by atoms with Gasteiger partial charge < -0.3 is 9.13 Å². The Kier molecular flexibility index (Phi) is 7.72. The largest absolute Gasteiger partial charge is 0.417 e. The number of hydrogen-bond acceptors (Lipinski definition) is 1. The van der Waals surface area contributed by atoms with E-state index < -0.39 is 11.7 Å². The molecular weight excluding hydrogens is 700 g/mol. The van der Waals surface area contributed by atoms with Crippen molar-refractivity contribution in [3.8, 4) is 44.9 Å². The maximum absolute atomic E-state index is 15.4. The SMILES string of the molecule is Cc1ccccc1-c1ccc2c(c1)c1ccccc1n2-c1cccnc1-c1c(-n2c3ccccc3c3cc(-c4ccccc4C)ccc32)cccc1C(F)(F)F. The fourth-order valence-electron chi connectivity index (χ4n) is 8.57. The van der Waals surface area contributed by atoms with E-state index in [1.165, 1.54) is 12.1 Å². The Morgan fingerprint density at radius 2 is 0.929 bits per heavy atom. The Bertz CT molecular complexity index is 3160. The van der Waals surface area contributed by atoms with Crippen molar-refractivity contribution in [1.29, 1.82) is 0 Å². The van der Waals surface area contributed by atoms with Crippen LogP contribution in [0.1, 0.15) is 16.7 Å². The van der Waals surface area contributed by atoms with Crippen molar-refractivity contribution in [1.82, 2.24) is 14.1 Å². The van der Waals surface area contributed by atoms with Gasteiger partial charge in [-0.2, -0.15) is 13.2 Å². The third-order valence-electron chi connectivity index (χ3n) is 11.1. The third kappa shape index (κ3) is 5.24. The smallest absolute Gasteiger partial charge is 0.309 e. The Labute approximate surface area is 321 Å². The van der Waals surface area contributed by atoms with Gasteiger partial charge in [-0.1, -0.05) is 103 Å². The van der Waals surface area contributed by atoms with Gasteiger partial charge in [-0.15, -0.1) is 0 Å². The molecule has 7 aromatic carbocycles. The lowest BCUT2D eigenvalue weighted by molar-refractivity contribution is -0.137. The van der Waals surface area contributed by atoms with E-state index in [0.29, 0.717) is 11.4 Å². The quantitative estimate of drug-likeness (QED) is 0.173. The lowest BCUT2D eigenvalue weighted by atomic mass is 9.98. The molecular formula is C50H34F3N3. The number of nitrogens with zero attached hydrogens (tertiary/aromatic N) is 3. The van der Waals surface area contributed by atoms with Gasteiger partial charge in [-0.25, -0.2) is 0 Å². The van der Waals surface area contributed by atoms with Crippen LogP contribution < -0.4 is 0 Å². The molecule has 0 atom stereocenters. The van der Waals surface area contributed by atoms with Gasteiger partial charge in [0.2, 0.25) is 0 Å². The summed E-state index contributed by atoms with van der Waals surface area (Å²) in [5.74, 6) is 0. The van der Waals surface area contributed by atoms with Crippen molar-refractivity contribution in [3.05, 3.63) is 187 Å². The second-order valence-electron chi connectivity index (χ2n) is 14.4. The molecule has 3 heterocycles. The Hall–Kier alpha value is -6.92. The van der Waals surface area contributed by atoms with Crippen molar-refractivity contribution in [2.45, 2.75) is 20.0 Å².